The predicted octanol–water partition coefficient (Wildman–Crippen LogP) is 1.31. The largest absolute Gasteiger partial charge is 0.381 e. The highest BCUT2D eigenvalue weighted by Gasteiger charge is 2.18. The number of halogens is 1. The maximum atomic E-state index is 11.3. The minimum Gasteiger partial charge on any atom is -0.381 e. The van der Waals surface area contributed by atoms with Gasteiger partial charge in [-0.05, 0) is 12.8 Å². The van der Waals surface area contributed by atoms with Crippen LogP contribution >= 0.6 is 15.9 Å². The van der Waals surface area contributed by atoms with E-state index in [1.54, 1.807) is 0 Å². The Morgan fingerprint density at radius 3 is 3.08 bits per heavy atom. The number of hydrogen-bond acceptors (Lipinski definition) is 2. The van der Waals surface area contributed by atoms with Gasteiger partial charge >= 0.3 is 0 Å². The topological polar surface area (TPSA) is 38.3 Å². The van der Waals surface area contributed by atoms with Crippen LogP contribution in [0.5, 0.6) is 0 Å². The van der Waals surface area contributed by atoms with Crippen molar-refractivity contribution in [2.45, 2.75) is 24.6 Å². The van der Waals surface area contributed by atoms with E-state index in [0.29, 0.717) is 5.92 Å². The van der Waals surface area contributed by atoms with Crippen molar-refractivity contribution in [1.82, 2.24) is 5.32 Å². The molecular weight excluding hydrogens is 234 g/mol. The van der Waals surface area contributed by atoms with E-state index in [-0.39, 0.29) is 10.7 Å². The van der Waals surface area contributed by atoms with E-state index in [9.17, 15) is 4.79 Å². The van der Waals surface area contributed by atoms with Gasteiger partial charge in [-0.3, -0.25) is 4.79 Å². The molecule has 1 aliphatic rings. The van der Waals surface area contributed by atoms with Gasteiger partial charge in [0.1, 0.15) is 0 Å². The lowest BCUT2D eigenvalue weighted by atomic mass is 10.1. The highest BCUT2D eigenvalue weighted by molar-refractivity contribution is 9.10. The number of rotatable bonds is 4. The van der Waals surface area contributed by atoms with E-state index in [0.717, 1.165) is 32.6 Å². The molecule has 0 aromatic carbocycles. The molecule has 0 aromatic heterocycles. The zero-order valence-electron chi connectivity index (χ0n) is 7.88. The van der Waals surface area contributed by atoms with Crippen LogP contribution in [0, 0.1) is 5.92 Å². The van der Waals surface area contributed by atoms with Crippen molar-refractivity contribution >= 4 is 21.8 Å². The number of hydrogen-bond donors (Lipinski definition) is 1. The summed E-state index contributed by atoms with van der Waals surface area (Å²) in [5.74, 6) is 0.606. The second kappa shape index (κ2) is 5.60. The number of carbonyl (C=O) groups excluding carboxylic acids is 1. The van der Waals surface area contributed by atoms with Crippen LogP contribution in [0.3, 0.4) is 0 Å². The number of alkyl halides is 1. The van der Waals surface area contributed by atoms with Gasteiger partial charge in [0.2, 0.25) is 5.91 Å². The summed E-state index contributed by atoms with van der Waals surface area (Å²) in [5.41, 5.74) is 0. The van der Waals surface area contributed by atoms with Gasteiger partial charge < -0.3 is 10.1 Å². The Kier molecular flexibility index (Phi) is 4.73. The third-order valence-corrected chi connectivity index (χ3v) is 3.30. The molecule has 4 heteroatoms. The Hall–Kier alpha value is -0.0900. The van der Waals surface area contributed by atoms with Crippen LogP contribution in [0.25, 0.3) is 0 Å². The van der Waals surface area contributed by atoms with Gasteiger partial charge in [-0.25, -0.2) is 0 Å². The molecule has 13 heavy (non-hydrogen) atoms. The molecule has 3 nitrogen and oxygen atoms in total. The summed E-state index contributed by atoms with van der Waals surface area (Å²) < 4.78 is 5.21. The molecule has 0 spiro atoms. The van der Waals surface area contributed by atoms with Crippen LogP contribution in [0.2, 0.25) is 0 Å². The Morgan fingerprint density at radius 2 is 2.54 bits per heavy atom. The van der Waals surface area contributed by atoms with E-state index < -0.39 is 0 Å². The van der Waals surface area contributed by atoms with Gasteiger partial charge in [-0.15, -0.1) is 0 Å². The molecule has 1 amide bonds. The van der Waals surface area contributed by atoms with Crippen molar-refractivity contribution in [3.63, 3.8) is 0 Å². The molecule has 0 aliphatic carbocycles. The minimum atomic E-state index is -0.0465. The van der Waals surface area contributed by atoms with Crippen LogP contribution in [-0.4, -0.2) is 30.5 Å². The number of carbonyl (C=O) groups is 1. The van der Waals surface area contributed by atoms with Crippen molar-refractivity contribution in [2.24, 2.45) is 5.92 Å². The standard InChI is InChI=1S/C9H16BrNO2/c1-2-8(10)9(12)11-5-7-3-4-13-6-7/h7-8H,2-6H2,1H3,(H,11,12). The third kappa shape index (κ3) is 3.65. The first-order valence-electron chi connectivity index (χ1n) is 4.73. The molecule has 1 rings (SSSR count). The highest BCUT2D eigenvalue weighted by atomic mass is 79.9. The molecule has 0 radical (unpaired) electrons. The molecular formula is C9H16BrNO2. The van der Waals surface area contributed by atoms with Crippen molar-refractivity contribution in [3.8, 4) is 0 Å². The first kappa shape index (κ1) is 11.0. The quantitative estimate of drug-likeness (QED) is 0.764. The van der Waals surface area contributed by atoms with Crippen LogP contribution in [0.15, 0.2) is 0 Å². The summed E-state index contributed by atoms with van der Waals surface area (Å²) >= 11 is 3.31. The first-order chi connectivity index (χ1) is 6.24. The van der Waals surface area contributed by atoms with Crippen molar-refractivity contribution in [2.75, 3.05) is 19.8 Å². The molecule has 0 bridgehead atoms. The van der Waals surface area contributed by atoms with Gasteiger partial charge in [-0.2, -0.15) is 0 Å². The highest BCUT2D eigenvalue weighted by Crippen LogP contribution is 2.11. The van der Waals surface area contributed by atoms with E-state index >= 15 is 0 Å². The molecule has 0 aromatic rings. The summed E-state index contributed by atoms with van der Waals surface area (Å²) in [4.78, 5) is 11.3. The van der Waals surface area contributed by atoms with Gasteiger partial charge in [0.05, 0.1) is 11.4 Å². The summed E-state index contributed by atoms with van der Waals surface area (Å²) in [6.45, 7) is 4.37. The third-order valence-electron chi connectivity index (χ3n) is 2.23. The lowest BCUT2D eigenvalue weighted by molar-refractivity contribution is -0.120. The Morgan fingerprint density at radius 1 is 1.77 bits per heavy atom. The van der Waals surface area contributed by atoms with E-state index in [1.165, 1.54) is 0 Å². The smallest absolute Gasteiger partial charge is 0.233 e. The van der Waals surface area contributed by atoms with E-state index in [1.807, 2.05) is 6.92 Å². The van der Waals surface area contributed by atoms with Gasteiger partial charge in [-0.1, -0.05) is 22.9 Å². The van der Waals surface area contributed by atoms with Crippen LogP contribution < -0.4 is 5.32 Å². The molecule has 2 unspecified atom stereocenters. The molecule has 1 aliphatic heterocycles. The minimum absolute atomic E-state index is 0.0465. The fourth-order valence-corrected chi connectivity index (χ4v) is 1.45. The molecule has 0 saturated carbocycles. The fraction of sp³-hybridized carbons (Fsp3) is 0.889. The lowest BCUT2D eigenvalue weighted by Gasteiger charge is -2.11. The molecule has 1 heterocycles. The molecule has 1 fully saturated rings. The van der Waals surface area contributed by atoms with Gasteiger partial charge in [0, 0.05) is 19.1 Å². The summed E-state index contributed by atoms with van der Waals surface area (Å²) in [6, 6.07) is 0. The molecule has 76 valence electrons. The zero-order valence-corrected chi connectivity index (χ0v) is 9.47. The van der Waals surface area contributed by atoms with Crippen molar-refractivity contribution in [3.05, 3.63) is 0 Å². The van der Waals surface area contributed by atoms with Crippen molar-refractivity contribution in [1.29, 1.82) is 0 Å². The Bertz CT molecular complexity index is 169. The summed E-state index contributed by atoms with van der Waals surface area (Å²) in [6.07, 6.45) is 1.90. The normalized spacial score (nSPS) is 24.3. The number of ether oxygens (including phenoxy) is 1. The molecule has 1 N–H and O–H groups in total. The predicted molar refractivity (Wildman–Crippen MR) is 54.9 cm³/mol. The van der Waals surface area contributed by atoms with Crippen LogP contribution in [0.1, 0.15) is 19.8 Å². The fourth-order valence-electron chi connectivity index (χ4n) is 1.29. The second-order valence-corrected chi connectivity index (χ2v) is 4.46. The SMILES string of the molecule is CCC(Br)C(=O)NCC1CCOC1. The maximum Gasteiger partial charge on any atom is 0.233 e. The Labute approximate surface area is 87.3 Å². The number of nitrogens with one attached hydrogen (secondary N) is 1. The summed E-state index contributed by atoms with van der Waals surface area (Å²) in [5, 5.41) is 2.91. The summed E-state index contributed by atoms with van der Waals surface area (Å²) in [7, 11) is 0. The number of amides is 1. The van der Waals surface area contributed by atoms with E-state index in [4.69, 9.17) is 4.74 Å². The van der Waals surface area contributed by atoms with Crippen LogP contribution in [0.4, 0.5) is 0 Å². The average molecular weight is 250 g/mol. The Balaban J connectivity index is 2.13. The monoisotopic (exact) mass is 249 g/mol. The second-order valence-electron chi connectivity index (χ2n) is 3.35. The van der Waals surface area contributed by atoms with E-state index in [2.05, 4.69) is 21.2 Å². The van der Waals surface area contributed by atoms with Gasteiger partial charge in [0.25, 0.3) is 0 Å². The van der Waals surface area contributed by atoms with Gasteiger partial charge in [0.15, 0.2) is 0 Å². The van der Waals surface area contributed by atoms with Crippen LogP contribution in [-0.2, 0) is 9.53 Å². The zero-order chi connectivity index (χ0) is 9.68. The van der Waals surface area contributed by atoms with Crippen molar-refractivity contribution < 1.29 is 9.53 Å². The first-order valence-corrected chi connectivity index (χ1v) is 5.65. The lowest BCUT2D eigenvalue weighted by Crippen LogP contribution is -2.34. The molecule has 2 atom stereocenters. The average Bonchev–Trinajstić information content (AvgIpc) is 2.65. The maximum absolute atomic E-state index is 11.3. The molecule has 1 saturated heterocycles.